The number of hydrogen-bond donors (Lipinski definition) is 0. The van der Waals surface area contributed by atoms with E-state index in [1.54, 1.807) is 0 Å². The van der Waals surface area contributed by atoms with Crippen LogP contribution in [0.15, 0.2) is 42.5 Å². The SMILES string of the molecule is C=C1C(=O)O[C@@]2(C)CC[C@@H]3[C@]1(CC[C@H]1[C@@]3(C)CCC[C@@]1(C)C(=O)OCc1ccccc1)C2. The van der Waals surface area contributed by atoms with Crippen LogP contribution in [-0.4, -0.2) is 17.5 Å². The van der Waals surface area contributed by atoms with Crippen LogP contribution < -0.4 is 0 Å². The van der Waals surface area contributed by atoms with Gasteiger partial charge in [-0.25, -0.2) is 4.79 Å². The number of ether oxygens (including phenoxy) is 2. The molecule has 1 saturated heterocycles. The summed E-state index contributed by atoms with van der Waals surface area (Å²) >= 11 is 0. The molecule has 4 nitrogen and oxygen atoms in total. The first-order valence-electron chi connectivity index (χ1n) is 12.3. The van der Waals surface area contributed by atoms with Crippen molar-refractivity contribution in [3.05, 3.63) is 48.0 Å². The molecule has 3 saturated carbocycles. The summed E-state index contributed by atoms with van der Waals surface area (Å²) in [5, 5.41) is 0. The Labute approximate surface area is 191 Å². The third-order valence-electron chi connectivity index (χ3n) is 9.84. The zero-order valence-electron chi connectivity index (χ0n) is 19.7. The molecule has 1 aliphatic heterocycles. The molecule has 32 heavy (non-hydrogen) atoms. The first kappa shape index (κ1) is 21.7. The summed E-state index contributed by atoms with van der Waals surface area (Å²) in [5.41, 5.74) is 0.664. The van der Waals surface area contributed by atoms with Gasteiger partial charge in [-0.2, -0.15) is 0 Å². The monoisotopic (exact) mass is 436 g/mol. The summed E-state index contributed by atoms with van der Waals surface area (Å²) in [4.78, 5) is 26.3. The number of fused-ring (bicyclic) bond motifs is 3. The average molecular weight is 437 g/mol. The highest BCUT2D eigenvalue weighted by Crippen LogP contribution is 2.71. The van der Waals surface area contributed by atoms with Crippen molar-refractivity contribution in [2.45, 2.75) is 84.3 Å². The third-order valence-corrected chi connectivity index (χ3v) is 9.84. The maximum absolute atomic E-state index is 13.5. The number of benzene rings is 1. The average Bonchev–Trinajstić information content (AvgIpc) is 2.76. The largest absolute Gasteiger partial charge is 0.460 e. The molecule has 2 bridgehead atoms. The lowest BCUT2D eigenvalue weighted by atomic mass is 9.38. The van der Waals surface area contributed by atoms with Crippen LogP contribution in [0, 0.1) is 28.1 Å². The van der Waals surface area contributed by atoms with Crippen molar-refractivity contribution < 1.29 is 19.1 Å². The zero-order chi connectivity index (χ0) is 22.8. The van der Waals surface area contributed by atoms with Crippen LogP contribution >= 0.6 is 0 Å². The van der Waals surface area contributed by atoms with Crippen molar-refractivity contribution in [2.24, 2.45) is 28.1 Å². The van der Waals surface area contributed by atoms with Crippen molar-refractivity contribution in [3.8, 4) is 0 Å². The van der Waals surface area contributed by atoms with Crippen LogP contribution in [0.2, 0.25) is 0 Å². The molecule has 0 N–H and O–H groups in total. The molecule has 6 atom stereocenters. The lowest BCUT2D eigenvalue weighted by Gasteiger charge is -2.67. The van der Waals surface area contributed by atoms with Crippen molar-refractivity contribution in [2.75, 3.05) is 0 Å². The maximum atomic E-state index is 13.5. The molecule has 0 aromatic heterocycles. The van der Waals surface area contributed by atoms with Crippen molar-refractivity contribution in [1.29, 1.82) is 0 Å². The van der Waals surface area contributed by atoms with Gasteiger partial charge in [0.15, 0.2) is 0 Å². The lowest BCUT2D eigenvalue weighted by molar-refractivity contribution is -0.215. The summed E-state index contributed by atoms with van der Waals surface area (Å²) in [7, 11) is 0. The Morgan fingerprint density at radius 2 is 1.78 bits per heavy atom. The van der Waals surface area contributed by atoms with E-state index in [2.05, 4.69) is 27.4 Å². The molecule has 4 heteroatoms. The maximum Gasteiger partial charge on any atom is 0.334 e. The van der Waals surface area contributed by atoms with Gasteiger partial charge in [-0.3, -0.25) is 4.79 Å². The van der Waals surface area contributed by atoms with Crippen LogP contribution in [0.4, 0.5) is 0 Å². The predicted molar refractivity (Wildman–Crippen MR) is 122 cm³/mol. The molecule has 172 valence electrons. The molecule has 4 fully saturated rings. The molecule has 1 aromatic rings. The highest BCUT2D eigenvalue weighted by atomic mass is 16.6. The molecule has 0 radical (unpaired) electrons. The third kappa shape index (κ3) is 3.01. The van der Waals surface area contributed by atoms with E-state index >= 15 is 0 Å². The molecule has 0 amide bonds. The van der Waals surface area contributed by atoms with Crippen molar-refractivity contribution in [3.63, 3.8) is 0 Å². The molecular weight excluding hydrogens is 400 g/mol. The summed E-state index contributed by atoms with van der Waals surface area (Å²) in [6.45, 7) is 11.2. The van der Waals surface area contributed by atoms with Crippen LogP contribution in [0.5, 0.6) is 0 Å². The molecule has 4 aliphatic rings. The van der Waals surface area contributed by atoms with Crippen LogP contribution in [-0.2, 0) is 25.7 Å². The fourth-order valence-corrected chi connectivity index (χ4v) is 8.38. The van der Waals surface area contributed by atoms with Gasteiger partial charge < -0.3 is 9.47 Å². The van der Waals surface area contributed by atoms with E-state index in [4.69, 9.17) is 9.47 Å². The minimum atomic E-state index is -0.485. The van der Waals surface area contributed by atoms with Gasteiger partial charge in [0.2, 0.25) is 0 Å². The number of hydrogen-bond acceptors (Lipinski definition) is 4. The van der Waals surface area contributed by atoms with Crippen LogP contribution in [0.3, 0.4) is 0 Å². The first-order chi connectivity index (χ1) is 15.1. The second-order valence-electron chi connectivity index (χ2n) is 11.7. The van der Waals surface area contributed by atoms with Gasteiger partial charge in [-0.15, -0.1) is 0 Å². The highest BCUT2D eigenvalue weighted by Gasteiger charge is 2.68. The molecule has 3 aliphatic carbocycles. The van der Waals surface area contributed by atoms with Gasteiger partial charge in [0.1, 0.15) is 12.2 Å². The Hall–Kier alpha value is -2.10. The van der Waals surface area contributed by atoms with E-state index in [1.807, 2.05) is 30.3 Å². The second kappa shape index (κ2) is 7.20. The molecule has 1 heterocycles. The Morgan fingerprint density at radius 3 is 2.53 bits per heavy atom. The molecule has 1 aromatic carbocycles. The van der Waals surface area contributed by atoms with Gasteiger partial charge in [0.05, 0.1) is 5.41 Å². The molecular formula is C28H36O4. The second-order valence-corrected chi connectivity index (χ2v) is 11.7. The van der Waals surface area contributed by atoms with E-state index < -0.39 is 5.41 Å². The zero-order valence-corrected chi connectivity index (χ0v) is 19.7. The van der Waals surface area contributed by atoms with Gasteiger partial charge in [0, 0.05) is 11.0 Å². The minimum absolute atomic E-state index is 0.00108. The van der Waals surface area contributed by atoms with Crippen molar-refractivity contribution in [1.82, 2.24) is 0 Å². The fraction of sp³-hybridized carbons (Fsp3) is 0.643. The molecule has 0 unspecified atom stereocenters. The van der Waals surface area contributed by atoms with Crippen molar-refractivity contribution >= 4 is 11.9 Å². The van der Waals surface area contributed by atoms with E-state index in [-0.39, 0.29) is 34.3 Å². The topological polar surface area (TPSA) is 52.6 Å². The summed E-state index contributed by atoms with van der Waals surface area (Å²) in [6.07, 6.45) is 7.67. The summed E-state index contributed by atoms with van der Waals surface area (Å²) in [6, 6.07) is 9.92. The Kier molecular flexibility index (Phi) is 4.89. The van der Waals surface area contributed by atoms with Gasteiger partial charge in [0.25, 0.3) is 0 Å². The number of rotatable bonds is 3. The Balaban J connectivity index is 1.44. The predicted octanol–water partition coefficient (Wildman–Crippen LogP) is 5.99. The highest BCUT2D eigenvalue weighted by molar-refractivity contribution is 5.91. The van der Waals surface area contributed by atoms with Gasteiger partial charge in [-0.05, 0) is 81.6 Å². The summed E-state index contributed by atoms with van der Waals surface area (Å²) in [5.74, 6) is 0.364. The normalized spacial score (nSPS) is 43.0. The number of esters is 2. The Bertz CT molecular complexity index is 953. The number of carbonyl (C=O) groups is 2. The van der Waals surface area contributed by atoms with Crippen LogP contribution in [0.1, 0.15) is 77.7 Å². The fourth-order valence-electron chi connectivity index (χ4n) is 8.38. The van der Waals surface area contributed by atoms with Crippen LogP contribution in [0.25, 0.3) is 0 Å². The van der Waals surface area contributed by atoms with E-state index in [9.17, 15) is 9.59 Å². The first-order valence-corrected chi connectivity index (χ1v) is 12.3. The van der Waals surface area contributed by atoms with E-state index in [1.165, 1.54) is 0 Å². The standard InChI is InChI=1S/C28H36O4/c1-19-23(29)32-25(2)15-11-22-26(3)13-8-14-27(4,21(26)12-16-28(19,22)18-25)24(30)31-17-20-9-6-5-7-10-20/h5-7,9-10,21-22H,1,8,11-18H2,2-4H3/t21-,22-,25-,26+,27+,28+/m0/s1. The van der Waals surface area contributed by atoms with E-state index in [0.29, 0.717) is 18.1 Å². The smallest absolute Gasteiger partial charge is 0.334 e. The Morgan fingerprint density at radius 1 is 1.06 bits per heavy atom. The summed E-state index contributed by atoms with van der Waals surface area (Å²) < 4.78 is 11.7. The number of carbonyl (C=O) groups excluding carboxylic acids is 2. The molecule has 5 rings (SSSR count). The lowest BCUT2D eigenvalue weighted by Crippen LogP contribution is -2.64. The molecule has 1 spiro atoms. The quantitative estimate of drug-likeness (QED) is 0.431. The minimum Gasteiger partial charge on any atom is -0.460 e. The van der Waals surface area contributed by atoms with Gasteiger partial charge >= 0.3 is 11.9 Å². The van der Waals surface area contributed by atoms with E-state index in [0.717, 1.165) is 56.9 Å². The van der Waals surface area contributed by atoms with Gasteiger partial charge in [-0.1, -0.05) is 50.3 Å².